The maximum absolute atomic E-state index is 12.7. The first kappa shape index (κ1) is 11.8. The summed E-state index contributed by atoms with van der Waals surface area (Å²) in [5.74, 6) is 0.0269. The standard InChI is InChI=1S/C11H10FN3OS/c1-7(8-2-4-9(12)5-3-8)14-15-11-13-10(16)6-17-11/h2-5H,6H2,1H3,(H,13,15,16)/b14-7-. The number of nitrogens with zero attached hydrogens (tertiary/aromatic N) is 2. The molecule has 0 aromatic heterocycles. The number of thioether (sulfide) groups is 1. The van der Waals surface area contributed by atoms with Crippen molar-refractivity contribution in [2.75, 3.05) is 5.75 Å². The van der Waals surface area contributed by atoms with Crippen LogP contribution in [0.2, 0.25) is 0 Å². The van der Waals surface area contributed by atoms with E-state index in [1.54, 1.807) is 19.1 Å². The van der Waals surface area contributed by atoms with E-state index >= 15 is 0 Å². The van der Waals surface area contributed by atoms with Gasteiger partial charge in [-0.1, -0.05) is 23.9 Å². The van der Waals surface area contributed by atoms with Gasteiger partial charge in [0.25, 0.3) is 0 Å². The summed E-state index contributed by atoms with van der Waals surface area (Å²) >= 11 is 1.31. The summed E-state index contributed by atoms with van der Waals surface area (Å²) in [6.07, 6.45) is 0. The van der Waals surface area contributed by atoms with E-state index in [9.17, 15) is 9.18 Å². The first-order valence-corrected chi connectivity index (χ1v) is 5.94. The zero-order valence-corrected chi connectivity index (χ0v) is 9.92. The molecule has 1 aliphatic rings. The Morgan fingerprint density at radius 3 is 2.71 bits per heavy atom. The number of hydrogen-bond acceptors (Lipinski definition) is 4. The van der Waals surface area contributed by atoms with Crippen molar-refractivity contribution >= 4 is 28.5 Å². The Morgan fingerprint density at radius 1 is 1.41 bits per heavy atom. The molecule has 0 bridgehead atoms. The molecule has 88 valence electrons. The minimum absolute atomic E-state index is 0.0663. The molecule has 1 fully saturated rings. The lowest BCUT2D eigenvalue weighted by Gasteiger charge is -1.98. The van der Waals surface area contributed by atoms with E-state index in [-0.39, 0.29) is 11.7 Å². The number of hydrogen-bond donors (Lipinski definition) is 1. The number of nitrogens with one attached hydrogen (secondary N) is 1. The smallest absolute Gasteiger partial charge is 0.236 e. The molecule has 1 heterocycles. The summed E-state index contributed by atoms with van der Waals surface area (Å²) in [5, 5.41) is 11.0. The molecular formula is C11H10FN3OS. The van der Waals surface area contributed by atoms with Crippen LogP contribution in [0.3, 0.4) is 0 Å². The van der Waals surface area contributed by atoms with Crippen molar-refractivity contribution < 1.29 is 9.18 Å². The summed E-state index contributed by atoms with van der Waals surface area (Å²) in [7, 11) is 0. The van der Waals surface area contributed by atoms with Gasteiger partial charge in [-0.15, -0.1) is 5.10 Å². The summed E-state index contributed by atoms with van der Waals surface area (Å²) in [4.78, 5) is 10.9. The summed E-state index contributed by atoms with van der Waals surface area (Å²) in [5.41, 5.74) is 1.46. The van der Waals surface area contributed by atoms with Crippen molar-refractivity contribution in [3.05, 3.63) is 35.6 Å². The van der Waals surface area contributed by atoms with Crippen LogP contribution in [-0.2, 0) is 4.79 Å². The first-order chi connectivity index (χ1) is 8.15. The average Bonchev–Trinajstić information content (AvgIpc) is 2.73. The second kappa shape index (κ2) is 5.09. The Kier molecular flexibility index (Phi) is 3.53. The fourth-order valence-electron chi connectivity index (χ4n) is 1.25. The molecule has 1 amide bonds. The maximum Gasteiger partial charge on any atom is 0.236 e. The van der Waals surface area contributed by atoms with Crippen LogP contribution in [0.5, 0.6) is 0 Å². The van der Waals surface area contributed by atoms with Gasteiger partial charge in [-0.25, -0.2) is 4.39 Å². The molecule has 2 rings (SSSR count). The fourth-order valence-corrected chi connectivity index (χ4v) is 1.87. The van der Waals surface area contributed by atoms with Crippen molar-refractivity contribution in [1.29, 1.82) is 0 Å². The molecule has 4 nitrogen and oxygen atoms in total. The maximum atomic E-state index is 12.7. The van der Waals surface area contributed by atoms with E-state index in [1.165, 1.54) is 23.9 Å². The first-order valence-electron chi connectivity index (χ1n) is 4.96. The lowest BCUT2D eigenvalue weighted by Crippen LogP contribution is -2.19. The van der Waals surface area contributed by atoms with Crippen LogP contribution in [0.1, 0.15) is 12.5 Å². The van der Waals surface area contributed by atoms with Crippen LogP contribution in [0.25, 0.3) is 0 Å². The van der Waals surface area contributed by atoms with Gasteiger partial charge in [-0.2, -0.15) is 5.10 Å². The lowest BCUT2D eigenvalue weighted by atomic mass is 10.1. The molecule has 6 heteroatoms. The average molecular weight is 251 g/mol. The fraction of sp³-hybridized carbons (Fsp3) is 0.182. The summed E-state index contributed by atoms with van der Waals surface area (Å²) in [6.45, 7) is 1.78. The van der Waals surface area contributed by atoms with Gasteiger partial charge in [-0.3, -0.25) is 4.79 Å². The highest BCUT2D eigenvalue weighted by atomic mass is 32.2. The normalized spacial score (nSPS) is 18.6. The molecule has 0 radical (unpaired) electrons. The zero-order valence-electron chi connectivity index (χ0n) is 9.11. The van der Waals surface area contributed by atoms with E-state index in [1.807, 2.05) is 0 Å². The number of carbonyl (C=O) groups is 1. The molecule has 0 unspecified atom stereocenters. The number of amidine groups is 1. The van der Waals surface area contributed by atoms with E-state index < -0.39 is 0 Å². The van der Waals surface area contributed by atoms with Crippen molar-refractivity contribution in [3.63, 3.8) is 0 Å². The lowest BCUT2D eigenvalue weighted by molar-refractivity contribution is -0.116. The van der Waals surface area contributed by atoms with E-state index in [2.05, 4.69) is 15.5 Å². The number of halogens is 1. The third-order valence-electron chi connectivity index (χ3n) is 2.14. The molecule has 1 aromatic rings. The highest BCUT2D eigenvalue weighted by Crippen LogP contribution is 2.10. The Labute approximate surface area is 102 Å². The van der Waals surface area contributed by atoms with Gasteiger partial charge < -0.3 is 5.32 Å². The van der Waals surface area contributed by atoms with Gasteiger partial charge in [0.15, 0.2) is 5.17 Å². The predicted molar refractivity (Wildman–Crippen MR) is 66.6 cm³/mol. The second-order valence-corrected chi connectivity index (χ2v) is 4.40. The van der Waals surface area contributed by atoms with Gasteiger partial charge in [0, 0.05) is 0 Å². The molecule has 17 heavy (non-hydrogen) atoms. The molecule has 1 aromatic carbocycles. The number of rotatable bonds is 2. The molecule has 1 N–H and O–H groups in total. The van der Waals surface area contributed by atoms with Gasteiger partial charge in [-0.05, 0) is 24.6 Å². The summed E-state index contributed by atoms with van der Waals surface area (Å²) < 4.78 is 12.7. The largest absolute Gasteiger partial charge is 0.303 e. The highest BCUT2D eigenvalue weighted by molar-refractivity contribution is 8.15. The Bertz CT molecular complexity index is 496. The monoisotopic (exact) mass is 251 g/mol. The van der Waals surface area contributed by atoms with Gasteiger partial charge >= 0.3 is 0 Å². The van der Waals surface area contributed by atoms with Gasteiger partial charge in [0.05, 0.1) is 11.5 Å². The van der Waals surface area contributed by atoms with Crippen LogP contribution >= 0.6 is 11.8 Å². The Morgan fingerprint density at radius 2 is 2.12 bits per heavy atom. The minimum Gasteiger partial charge on any atom is -0.303 e. The van der Waals surface area contributed by atoms with Crippen LogP contribution in [0.4, 0.5) is 4.39 Å². The van der Waals surface area contributed by atoms with Crippen LogP contribution in [0, 0.1) is 5.82 Å². The van der Waals surface area contributed by atoms with Crippen molar-refractivity contribution in [3.8, 4) is 0 Å². The molecule has 0 spiro atoms. The van der Waals surface area contributed by atoms with E-state index in [0.29, 0.717) is 16.6 Å². The molecule has 1 aliphatic heterocycles. The van der Waals surface area contributed by atoms with Gasteiger partial charge in [0.2, 0.25) is 5.91 Å². The number of carbonyl (C=O) groups excluding carboxylic acids is 1. The molecule has 0 saturated carbocycles. The van der Waals surface area contributed by atoms with Crippen molar-refractivity contribution in [2.45, 2.75) is 6.92 Å². The minimum atomic E-state index is -0.286. The predicted octanol–water partition coefficient (Wildman–Crippen LogP) is 1.77. The highest BCUT2D eigenvalue weighted by Gasteiger charge is 2.16. The quantitative estimate of drug-likeness (QED) is 0.643. The van der Waals surface area contributed by atoms with Crippen LogP contribution < -0.4 is 5.32 Å². The SMILES string of the molecule is C/C(=N/N=C1\NC(=O)CS1)c1ccc(F)cc1. The Balaban J connectivity index is 2.12. The molecule has 1 saturated heterocycles. The van der Waals surface area contributed by atoms with E-state index in [0.717, 1.165) is 5.56 Å². The molecular weight excluding hydrogens is 241 g/mol. The van der Waals surface area contributed by atoms with E-state index in [4.69, 9.17) is 0 Å². The molecule has 0 aliphatic carbocycles. The van der Waals surface area contributed by atoms with Crippen molar-refractivity contribution in [2.24, 2.45) is 10.2 Å². The van der Waals surface area contributed by atoms with Crippen molar-refractivity contribution in [1.82, 2.24) is 5.32 Å². The summed E-state index contributed by atoms with van der Waals surface area (Å²) in [6, 6.07) is 6.00. The van der Waals surface area contributed by atoms with Crippen LogP contribution in [-0.4, -0.2) is 22.5 Å². The third kappa shape index (κ3) is 3.13. The number of amides is 1. The number of benzene rings is 1. The van der Waals surface area contributed by atoms with Gasteiger partial charge in [0.1, 0.15) is 5.82 Å². The Hall–Kier alpha value is -1.69. The van der Waals surface area contributed by atoms with Crippen LogP contribution in [0.15, 0.2) is 34.5 Å². The zero-order chi connectivity index (χ0) is 12.3. The third-order valence-corrected chi connectivity index (χ3v) is 3.00. The topological polar surface area (TPSA) is 53.8 Å². The second-order valence-electron chi connectivity index (χ2n) is 3.43. The molecule has 0 atom stereocenters.